The van der Waals surface area contributed by atoms with Crippen LogP contribution in [0.2, 0.25) is 0 Å². The number of aromatic carboxylic acids is 1. The van der Waals surface area contributed by atoms with Crippen molar-refractivity contribution in [2.75, 3.05) is 38.1 Å². The Kier molecular flexibility index (Phi) is 3.34. The zero-order valence-electron chi connectivity index (χ0n) is 11.7. The van der Waals surface area contributed by atoms with Crippen LogP contribution in [0.5, 0.6) is 0 Å². The number of H-pyrrole nitrogens is 1. The quantitative estimate of drug-likeness (QED) is 0.830. The van der Waals surface area contributed by atoms with Crippen molar-refractivity contribution in [3.8, 4) is 0 Å². The molecule has 0 bridgehead atoms. The third-order valence-corrected chi connectivity index (χ3v) is 3.74. The van der Waals surface area contributed by atoms with Gasteiger partial charge in [-0.25, -0.2) is 9.78 Å². The molecule has 0 radical (unpaired) electrons. The number of benzene rings is 1. The number of aromatic nitrogens is 2. The number of fused-ring (bicyclic) bond motifs is 1. The fourth-order valence-electron chi connectivity index (χ4n) is 2.43. The topological polar surface area (TPSA) is 89.5 Å². The van der Waals surface area contributed by atoms with Crippen LogP contribution in [0.1, 0.15) is 10.4 Å². The van der Waals surface area contributed by atoms with Gasteiger partial charge in [-0.3, -0.25) is 9.78 Å². The Bertz CT molecular complexity index is 747. The summed E-state index contributed by atoms with van der Waals surface area (Å²) in [6.45, 7) is 3.36. The van der Waals surface area contributed by atoms with Gasteiger partial charge in [0.25, 0.3) is 5.56 Å². The zero-order chi connectivity index (χ0) is 15.0. The standard InChI is InChI=1S/C14H16N4O3/c1-17-4-6-18(7-5-17)14-15-11-8-9(13(20)21)2-3-10(11)12(19)16-14/h2-3,8H,4-7H2,1H3,(H,20,21)(H,15,16,19). The molecule has 0 spiro atoms. The summed E-state index contributed by atoms with van der Waals surface area (Å²) in [6.07, 6.45) is 0. The lowest BCUT2D eigenvalue weighted by Gasteiger charge is -2.32. The van der Waals surface area contributed by atoms with E-state index >= 15 is 0 Å². The van der Waals surface area contributed by atoms with Crippen LogP contribution in [-0.4, -0.2) is 59.2 Å². The van der Waals surface area contributed by atoms with Crippen molar-refractivity contribution in [1.82, 2.24) is 14.9 Å². The first-order valence-electron chi connectivity index (χ1n) is 6.75. The van der Waals surface area contributed by atoms with Crippen molar-refractivity contribution in [2.45, 2.75) is 0 Å². The van der Waals surface area contributed by atoms with Gasteiger partial charge in [-0.05, 0) is 25.2 Å². The van der Waals surface area contributed by atoms with Crippen molar-refractivity contribution in [1.29, 1.82) is 0 Å². The number of likely N-dealkylation sites (N-methyl/N-ethyl adjacent to an activating group) is 1. The summed E-state index contributed by atoms with van der Waals surface area (Å²) < 4.78 is 0. The van der Waals surface area contributed by atoms with Gasteiger partial charge in [-0.15, -0.1) is 0 Å². The Morgan fingerprint density at radius 2 is 2.00 bits per heavy atom. The molecule has 1 aliphatic heterocycles. The van der Waals surface area contributed by atoms with Gasteiger partial charge in [0.05, 0.1) is 16.5 Å². The molecule has 2 N–H and O–H groups in total. The molecule has 0 amide bonds. The van der Waals surface area contributed by atoms with Gasteiger partial charge in [0.1, 0.15) is 0 Å². The molecule has 0 saturated carbocycles. The third-order valence-electron chi connectivity index (χ3n) is 3.74. The number of hydrogen-bond donors (Lipinski definition) is 2. The summed E-state index contributed by atoms with van der Waals surface area (Å²) in [5.41, 5.74) is 0.295. The van der Waals surface area contributed by atoms with Crippen molar-refractivity contribution < 1.29 is 9.90 Å². The highest BCUT2D eigenvalue weighted by atomic mass is 16.4. The third kappa shape index (κ3) is 2.59. The number of nitrogens with one attached hydrogen (secondary N) is 1. The Balaban J connectivity index is 2.04. The van der Waals surface area contributed by atoms with Gasteiger partial charge < -0.3 is 14.9 Å². The maximum Gasteiger partial charge on any atom is 0.335 e. The molecule has 2 heterocycles. The van der Waals surface area contributed by atoms with Gasteiger partial charge in [-0.1, -0.05) is 0 Å². The molecular formula is C14H16N4O3. The van der Waals surface area contributed by atoms with Gasteiger partial charge >= 0.3 is 5.97 Å². The highest BCUT2D eigenvalue weighted by Crippen LogP contribution is 2.15. The Hall–Kier alpha value is -2.41. The molecule has 1 aromatic carbocycles. The Labute approximate surface area is 120 Å². The van der Waals surface area contributed by atoms with E-state index in [1.807, 2.05) is 11.9 Å². The molecule has 0 aliphatic carbocycles. The second-order valence-electron chi connectivity index (χ2n) is 5.22. The lowest BCUT2D eigenvalue weighted by atomic mass is 10.1. The van der Waals surface area contributed by atoms with Crippen molar-refractivity contribution in [3.63, 3.8) is 0 Å². The van der Waals surface area contributed by atoms with Crippen molar-refractivity contribution >= 4 is 22.8 Å². The van der Waals surface area contributed by atoms with Crippen molar-refractivity contribution in [2.24, 2.45) is 0 Å². The first-order valence-corrected chi connectivity index (χ1v) is 6.75. The van der Waals surface area contributed by atoms with E-state index in [0.29, 0.717) is 16.9 Å². The van der Waals surface area contributed by atoms with Crippen LogP contribution in [0, 0.1) is 0 Å². The van der Waals surface area contributed by atoms with E-state index in [9.17, 15) is 9.59 Å². The molecular weight excluding hydrogens is 272 g/mol. The SMILES string of the molecule is CN1CCN(c2nc3cc(C(=O)O)ccc3c(=O)[nH]2)CC1. The van der Waals surface area contributed by atoms with E-state index in [0.717, 1.165) is 26.2 Å². The van der Waals surface area contributed by atoms with Crippen molar-refractivity contribution in [3.05, 3.63) is 34.1 Å². The van der Waals surface area contributed by atoms with Gasteiger partial charge in [0.15, 0.2) is 0 Å². The van der Waals surface area contributed by atoms with E-state index in [1.165, 1.54) is 18.2 Å². The number of piperazine rings is 1. The van der Waals surface area contributed by atoms with Crippen LogP contribution in [0.4, 0.5) is 5.95 Å². The second-order valence-corrected chi connectivity index (χ2v) is 5.22. The van der Waals surface area contributed by atoms with Gasteiger partial charge in [0, 0.05) is 26.2 Å². The number of rotatable bonds is 2. The Morgan fingerprint density at radius 1 is 1.29 bits per heavy atom. The predicted octanol–water partition coefficient (Wildman–Crippen LogP) is 0.373. The maximum atomic E-state index is 12.1. The fraction of sp³-hybridized carbons (Fsp3) is 0.357. The molecule has 7 nitrogen and oxygen atoms in total. The Morgan fingerprint density at radius 3 is 2.67 bits per heavy atom. The molecule has 1 saturated heterocycles. The van der Waals surface area contributed by atoms with Gasteiger partial charge in [0.2, 0.25) is 5.95 Å². The first kappa shape index (κ1) is 13.6. The molecule has 1 aliphatic rings. The second kappa shape index (κ2) is 5.17. The van der Waals surface area contributed by atoms with E-state index in [-0.39, 0.29) is 11.1 Å². The van der Waals surface area contributed by atoms with E-state index in [4.69, 9.17) is 5.11 Å². The van der Waals surface area contributed by atoms with Crippen LogP contribution < -0.4 is 10.5 Å². The summed E-state index contributed by atoms with van der Waals surface area (Å²) in [6, 6.07) is 4.35. The minimum Gasteiger partial charge on any atom is -0.478 e. The molecule has 110 valence electrons. The smallest absolute Gasteiger partial charge is 0.335 e. The number of carboxylic acids is 1. The predicted molar refractivity (Wildman–Crippen MR) is 79.0 cm³/mol. The molecule has 2 aromatic rings. The molecule has 1 fully saturated rings. The number of hydrogen-bond acceptors (Lipinski definition) is 5. The summed E-state index contributed by atoms with van der Waals surface area (Å²) in [5.74, 6) is -0.525. The highest BCUT2D eigenvalue weighted by molar-refractivity contribution is 5.93. The average molecular weight is 288 g/mol. The molecule has 21 heavy (non-hydrogen) atoms. The average Bonchev–Trinajstić information content (AvgIpc) is 2.47. The maximum absolute atomic E-state index is 12.1. The zero-order valence-corrected chi connectivity index (χ0v) is 11.7. The molecule has 3 rings (SSSR count). The van der Waals surface area contributed by atoms with E-state index in [1.54, 1.807) is 0 Å². The lowest BCUT2D eigenvalue weighted by Crippen LogP contribution is -2.45. The van der Waals surface area contributed by atoms with Crippen LogP contribution in [0.25, 0.3) is 10.9 Å². The monoisotopic (exact) mass is 288 g/mol. The van der Waals surface area contributed by atoms with E-state index in [2.05, 4.69) is 14.9 Å². The van der Waals surface area contributed by atoms with Gasteiger partial charge in [-0.2, -0.15) is 0 Å². The molecule has 7 heteroatoms. The summed E-state index contributed by atoms with van der Waals surface area (Å²) in [7, 11) is 2.05. The fourth-order valence-corrected chi connectivity index (χ4v) is 2.43. The van der Waals surface area contributed by atoms with E-state index < -0.39 is 5.97 Å². The number of anilines is 1. The number of nitrogens with zero attached hydrogens (tertiary/aromatic N) is 3. The normalized spacial score (nSPS) is 16.3. The minimum absolute atomic E-state index is 0.130. The summed E-state index contributed by atoms with van der Waals surface area (Å²) in [4.78, 5) is 34.5. The van der Waals surface area contributed by atoms with Crippen LogP contribution in [-0.2, 0) is 0 Å². The van der Waals surface area contributed by atoms with Crippen LogP contribution >= 0.6 is 0 Å². The minimum atomic E-state index is -1.03. The molecule has 0 unspecified atom stereocenters. The lowest BCUT2D eigenvalue weighted by molar-refractivity contribution is 0.0697. The number of carbonyl (C=O) groups is 1. The number of aromatic amines is 1. The van der Waals surface area contributed by atoms with Crippen LogP contribution in [0.15, 0.2) is 23.0 Å². The molecule has 1 aromatic heterocycles. The summed E-state index contributed by atoms with van der Waals surface area (Å²) in [5, 5.41) is 9.43. The highest BCUT2D eigenvalue weighted by Gasteiger charge is 2.17. The first-order chi connectivity index (χ1) is 10.0. The van der Waals surface area contributed by atoms with Crippen LogP contribution in [0.3, 0.4) is 0 Å². The summed E-state index contributed by atoms with van der Waals surface area (Å²) >= 11 is 0. The number of carboxylic acid groups (broad SMARTS) is 1. The molecule has 0 atom stereocenters. The largest absolute Gasteiger partial charge is 0.478 e.